The Labute approximate surface area is 219 Å². The largest absolute Gasteiger partial charge is 0.493 e. The summed E-state index contributed by atoms with van der Waals surface area (Å²) in [5.74, 6) is -0.143. The number of carbonyl (C=O) groups excluding carboxylic acids is 2. The summed E-state index contributed by atoms with van der Waals surface area (Å²) in [6.45, 7) is 3.38. The molecule has 2 fully saturated rings. The molecule has 4 rings (SSSR count). The highest BCUT2D eigenvalue weighted by atomic mass is 35.5. The number of piperazine rings is 1. The van der Waals surface area contributed by atoms with Gasteiger partial charge in [0.1, 0.15) is 5.75 Å². The first-order chi connectivity index (χ1) is 17.6. The first-order valence-electron chi connectivity index (χ1n) is 12.4. The van der Waals surface area contributed by atoms with Gasteiger partial charge >= 0.3 is 6.18 Å². The Bertz CT molecular complexity index is 1100. The van der Waals surface area contributed by atoms with E-state index in [-0.39, 0.29) is 31.0 Å². The van der Waals surface area contributed by atoms with Gasteiger partial charge in [0, 0.05) is 56.1 Å². The Morgan fingerprint density at radius 2 is 1.65 bits per heavy atom. The van der Waals surface area contributed by atoms with Crippen LogP contribution in [0.5, 0.6) is 5.75 Å². The highest BCUT2D eigenvalue weighted by Gasteiger charge is 2.43. The molecule has 10 heteroatoms. The molecule has 0 aliphatic carbocycles. The van der Waals surface area contributed by atoms with Crippen LogP contribution in [0.25, 0.3) is 0 Å². The van der Waals surface area contributed by atoms with E-state index in [2.05, 4.69) is 4.90 Å². The number of rotatable bonds is 6. The molecule has 2 aromatic rings. The fourth-order valence-electron chi connectivity index (χ4n) is 5.04. The van der Waals surface area contributed by atoms with Crippen LogP contribution in [0.15, 0.2) is 48.5 Å². The molecule has 0 N–H and O–H groups in total. The van der Waals surface area contributed by atoms with Gasteiger partial charge in [0.15, 0.2) is 0 Å². The second-order valence-electron chi connectivity index (χ2n) is 9.98. The summed E-state index contributed by atoms with van der Waals surface area (Å²) in [5.41, 5.74) is -2.07. The van der Waals surface area contributed by atoms with Crippen LogP contribution in [0.1, 0.15) is 35.2 Å². The number of benzene rings is 2. The molecule has 0 spiro atoms. The quantitative estimate of drug-likeness (QED) is 0.530. The van der Waals surface area contributed by atoms with Crippen molar-refractivity contribution in [2.45, 2.75) is 25.4 Å². The number of halogens is 4. The maximum Gasteiger partial charge on any atom is 0.417 e. The smallest absolute Gasteiger partial charge is 0.417 e. The molecule has 6 nitrogen and oxygen atoms in total. The lowest BCUT2D eigenvalue weighted by atomic mass is 9.77. The van der Waals surface area contributed by atoms with E-state index < -0.39 is 23.1 Å². The Kier molecular flexibility index (Phi) is 8.33. The summed E-state index contributed by atoms with van der Waals surface area (Å²) in [6.07, 6.45) is -3.33. The fourth-order valence-corrected chi connectivity index (χ4v) is 5.16. The molecular formula is C27H31ClF3N3O3. The van der Waals surface area contributed by atoms with Crippen molar-refractivity contribution in [1.82, 2.24) is 14.7 Å². The van der Waals surface area contributed by atoms with Gasteiger partial charge in [-0.15, -0.1) is 0 Å². The fraction of sp³-hybridized carbons (Fsp3) is 0.481. The van der Waals surface area contributed by atoms with E-state index in [4.69, 9.17) is 16.3 Å². The van der Waals surface area contributed by atoms with Crippen LogP contribution in [-0.4, -0.2) is 79.4 Å². The molecule has 0 unspecified atom stereocenters. The van der Waals surface area contributed by atoms with Gasteiger partial charge in [0.25, 0.3) is 5.91 Å². The third-order valence-corrected chi connectivity index (χ3v) is 7.40. The highest BCUT2D eigenvalue weighted by molar-refractivity contribution is 6.30. The van der Waals surface area contributed by atoms with Gasteiger partial charge in [-0.2, -0.15) is 13.2 Å². The minimum Gasteiger partial charge on any atom is -0.493 e. The molecule has 1 atom stereocenters. The van der Waals surface area contributed by atoms with Crippen LogP contribution in [0.2, 0.25) is 5.02 Å². The zero-order valence-electron chi connectivity index (χ0n) is 20.8. The van der Waals surface area contributed by atoms with Gasteiger partial charge < -0.3 is 19.4 Å². The second kappa shape index (κ2) is 11.3. The van der Waals surface area contributed by atoms with Crippen LogP contribution in [0.3, 0.4) is 0 Å². The maximum atomic E-state index is 13.6. The van der Waals surface area contributed by atoms with Gasteiger partial charge in [-0.25, -0.2) is 0 Å². The van der Waals surface area contributed by atoms with E-state index in [9.17, 15) is 22.8 Å². The topological polar surface area (TPSA) is 53.1 Å². The normalized spacial score (nSPS) is 21.1. The Morgan fingerprint density at radius 1 is 0.973 bits per heavy atom. The van der Waals surface area contributed by atoms with Crippen molar-refractivity contribution in [3.05, 3.63) is 64.7 Å². The molecule has 200 valence electrons. The van der Waals surface area contributed by atoms with Crippen LogP contribution >= 0.6 is 11.6 Å². The summed E-state index contributed by atoms with van der Waals surface area (Å²) >= 11 is 5.98. The third-order valence-electron chi connectivity index (χ3n) is 7.15. The Balaban J connectivity index is 1.57. The molecular weight excluding hydrogens is 507 g/mol. The van der Waals surface area contributed by atoms with Crippen molar-refractivity contribution < 1.29 is 27.5 Å². The minimum absolute atomic E-state index is 0.0298. The molecule has 2 heterocycles. The van der Waals surface area contributed by atoms with E-state index in [0.29, 0.717) is 43.2 Å². The number of nitrogens with zero attached hydrogens (tertiary/aromatic N) is 3. The average Bonchev–Trinajstić information content (AvgIpc) is 2.88. The number of piperidine rings is 1. The minimum atomic E-state index is -4.64. The number of ether oxygens (including phenoxy) is 1. The molecule has 0 bridgehead atoms. The predicted octanol–water partition coefficient (Wildman–Crippen LogP) is 4.82. The zero-order chi connectivity index (χ0) is 26.6. The molecule has 0 aromatic heterocycles. The summed E-state index contributed by atoms with van der Waals surface area (Å²) in [5, 5.41) is 0.560. The van der Waals surface area contributed by atoms with Gasteiger partial charge in [0.05, 0.1) is 17.7 Å². The van der Waals surface area contributed by atoms with Gasteiger partial charge in [-0.05, 0) is 56.3 Å². The van der Waals surface area contributed by atoms with E-state index >= 15 is 0 Å². The highest BCUT2D eigenvalue weighted by Crippen LogP contribution is 2.38. The van der Waals surface area contributed by atoms with Crippen LogP contribution in [0.4, 0.5) is 13.2 Å². The summed E-state index contributed by atoms with van der Waals surface area (Å²) in [4.78, 5) is 32.1. The monoisotopic (exact) mass is 537 g/mol. The number of hydrogen-bond acceptors (Lipinski definition) is 4. The lowest BCUT2D eigenvalue weighted by molar-refractivity contribution is -0.138. The number of hydrogen-bond donors (Lipinski definition) is 0. The molecule has 37 heavy (non-hydrogen) atoms. The van der Waals surface area contributed by atoms with Crippen molar-refractivity contribution >= 4 is 23.4 Å². The number of likely N-dealkylation sites (tertiary alicyclic amines) is 1. The first-order valence-corrected chi connectivity index (χ1v) is 12.7. The Morgan fingerprint density at radius 3 is 2.32 bits per heavy atom. The van der Waals surface area contributed by atoms with Crippen LogP contribution < -0.4 is 4.74 Å². The summed E-state index contributed by atoms with van der Waals surface area (Å²) in [7, 11) is 2.01. The second-order valence-corrected chi connectivity index (χ2v) is 10.4. The number of carbonyl (C=O) groups is 2. The van der Waals surface area contributed by atoms with Crippen molar-refractivity contribution in [2.75, 3.05) is 52.9 Å². The molecule has 0 radical (unpaired) electrons. The first kappa shape index (κ1) is 27.3. The standard InChI is InChI=1S/C27H31ClF3N3O3/c1-32-13-15-33(16-14-32)24(35)17-26(19-37-21-9-7-20(28)8-10-21)11-4-12-34(18-26)25(36)22-5-2-3-6-23(22)27(29,30)31/h2-3,5-10H,4,11-19H2,1H3/t26-/m1/s1. The third kappa shape index (κ3) is 6.76. The molecule has 2 aromatic carbocycles. The van der Waals surface area contributed by atoms with E-state index in [1.165, 1.54) is 23.1 Å². The number of alkyl halides is 3. The van der Waals surface area contributed by atoms with Gasteiger partial charge in [-0.1, -0.05) is 23.7 Å². The average molecular weight is 538 g/mol. The van der Waals surface area contributed by atoms with Crippen molar-refractivity contribution in [1.29, 1.82) is 0 Å². The van der Waals surface area contributed by atoms with Crippen molar-refractivity contribution in [2.24, 2.45) is 5.41 Å². The number of likely N-dealkylation sites (N-methyl/N-ethyl adjacent to an activating group) is 1. The van der Waals surface area contributed by atoms with Crippen molar-refractivity contribution in [3.63, 3.8) is 0 Å². The number of amides is 2. The van der Waals surface area contributed by atoms with E-state index in [0.717, 1.165) is 19.2 Å². The van der Waals surface area contributed by atoms with Crippen molar-refractivity contribution in [3.8, 4) is 5.75 Å². The molecule has 2 aliphatic heterocycles. The lowest BCUT2D eigenvalue weighted by Crippen LogP contribution is -2.53. The Hall–Kier alpha value is -2.78. The maximum absolute atomic E-state index is 13.6. The predicted molar refractivity (Wildman–Crippen MR) is 135 cm³/mol. The summed E-state index contributed by atoms with van der Waals surface area (Å²) in [6, 6.07) is 11.7. The van der Waals surface area contributed by atoms with E-state index in [1.807, 2.05) is 11.9 Å². The van der Waals surface area contributed by atoms with Gasteiger partial charge in [-0.3, -0.25) is 9.59 Å². The van der Waals surface area contributed by atoms with Crippen LogP contribution in [-0.2, 0) is 11.0 Å². The molecule has 2 aliphatic rings. The lowest BCUT2D eigenvalue weighted by Gasteiger charge is -2.43. The van der Waals surface area contributed by atoms with Gasteiger partial charge in [0.2, 0.25) is 5.91 Å². The SMILES string of the molecule is CN1CCN(C(=O)C[C@]2(COc3ccc(Cl)cc3)CCCN(C(=O)c3ccccc3C(F)(F)F)C2)CC1. The molecule has 0 saturated carbocycles. The molecule has 2 amide bonds. The zero-order valence-corrected chi connectivity index (χ0v) is 21.5. The van der Waals surface area contributed by atoms with Crippen LogP contribution in [0, 0.1) is 5.41 Å². The molecule has 2 saturated heterocycles. The summed E-state index contributed by atoms with van der Waals surface area (Å²) < 4.78 is 46.9. The van der Waals surface area contributed by atoms with E-state index in [1.54, 1.807) is 24.3 Å².